The summed E-state index contributed by atoms with van der Waals surface area (Å²) in [6, 6.07) is 5.39. The first-order valence-electron chi connectivity index (χ1n) is 7.26. The van der Waals surface area contributed by atoms with Crippen LogP contribution in [0.3, 0.4) is 0 Å². The van der Waals surface area contributed by atoms with Crippen molar-refractivity contribution in [2.75, 3.05) is 10.6 Å². The van der Waals surface area contributed by atoms with Gasteiger partial charge in [-0.05, 0) is 43.4 Å². The highest BCUT2D eigenvalue weighted by Crippen LogP contribution is 2.45. The second kappa shape index (κ2) is 4.62. The minimum absolute atomic E-state index is 0.0424. The first kappa shape index (κ1) is 13.2. The number of benzene rings is 1. The number of hydrogen-bond acceptors (Lipinski definition) is 3. The molecule has 2 amide bonds. The fourth-order valence-corrected chi connectivity index (χ4v) is 3.48. The average molecular weight is 272 g/mol. The van der Waals surface area contributed by atoms with E-state index in [4.69, 9.17) is 5.73 Å². The number of carbonyl (C=O) groups excluding carboxylic acids is 2. The van der Waals surface area contributed by atoms with Crippen LogP contribution in [-0.2, 0) is 9.59 Å². The summed E-state index contributed by atoms with van der Waals surface area (Å²) in [6.45, 7) is 4.03. The van der Waals surface area contributed by atoms with Crippen LogP contribution in [0, 0.1) is 24.7 Å². The third-order valence-corrected chi connectivity index (χ3v) is 4.83. The number of fused-ring (bicyclic) bond motifs is 1. The molecule has 0 aromatic heterocycles. The molecule has 0 spiro atoms. The second-order valence-electron chi connectivity index (χ2n) is 6.01. The average Bonchev–Trinajstić information content (AvgIpc) is 2.94. The van der Waals surface area contributed by atoms with Crippen molar-refractivity contribution in [1.29, 1.82) is 0 Å². The van der Waals surface area contributed by atoms with Crippen molar-refractivity contribution in [3.63, 3.8) is 0 Å². The van der Waals surface area contributed by atoms with Crippen LogP contribution in [0.5, 0.6) is 0 Å². The quantitative estimate of drug-likeness (QED) is 0.664. The van der Waals surface area contributed by atoms with Gasteiger partial charge in [-0.2, -0.15) is 0 Å². The Balaban J connectivity index is 1.91. The number of nitrogens with two attached hydrogens (primary N) is 1. The van der Waals surface area contributed by atoms with Crippen LogP contribution in [0.25, 0.3) is 0 Å². The fourth-order valence-electron chi connectivity index (χ4n) is 3.48. The molecule has 4 heteroatoms. The lowest BCUT2D eigenvalue weighted by Crippen LogP contribution is -2.32. The highest BCUT2D eigenvalue weighted by Gasteiger charge is 2.52. The van der Waals surface area contributed by atoms with Crippen molar-refractivity contribution in [2.45, 2.75) is 33.1 Å². The van der Waals surface area contributed by atoms with Gasteiger partial charge >= 0.3 is 0 Å². The molecule has 20 heavy (non-hydrogen) atoms. The molecular weight excluding hydrogens is 252 g/mol. The number of aryl methyl sites for hydroxylation is 1. The van der Waals surface area contributed by atoms with Crippen molar-refractivity contribution in [1.82, 2.24) is 0 Å². The molecule has 106 valence electrons. The molecular formula is C16H20N2O2. The van der Waals surface area contributed by atoms with Crippen LogP contribution in [-0.4, -0.2) is 11.8 Å². The smallest absolute Gasteiger partial charge is 0.237 e. The Morgan fingerprint density at radius 1 is 1.20 bits per heavy atom. The summed E-state index contributed by atoms with van der Waals surface area (Å²) in [5, 5.41) is 0. The van der Waals surface area contributed by atoms with Crippen LogP contribution < -0.4 is 10.6 Å². The Bertz CT molecular complexity index is 558. The number of nitrogens with zero attached hydrogens (tertiary/aromatic N) is 1. The third kappa shape index (κ3) is 1.82. The van der Waals surface area contributed by atoms with E-state index in [9.17, 15) is 9.59 Å². The maximum atomic E-state index is 12.5. The van der Waals surface area contributed by atoms with E-state index in [2.05, 4.69) is 6.92 Å². The monoisotopic (exact) mass is 272 g/mol. The summed E-state index contributed by atoms with van der Waals surface area (Å²) in [5.74, 6) is 0.200. The summed E-state index contributed by atoms with van der Waals surface area (Å²) < 4.78 is 0. The number of nitrogen functional groups attached to an aromatic ring is 1. The first-order valence-corrected chi connectivity index (χ1v) is 7.26. The zero-order valence-corrected chi connectivity index (χ0v) is 11.9. The van der Waals surface area contributed by atoms with Crippen molar-refractivity contribution >= 4 is 23.2 Å². The van der Waals surface area contributed by atoms with Gasteiger partial charge in [-0.1, -0.05) is 19.4 Å². The minimum atomic E-state index is -0.116. The molecule has 1 heterocycles. The van der Waals surface area contributed by atoms with Gasteiger partial charge in [0, 0.05) is 5.69 Å². The molecule has 0 bridgehead atoms. The van der Waals surface area contributed by atoms with Crippen LogP contribution >= 0.6 is 0 Å². The molecule has 1 saturated carbocycles. The maximum Gasteiger partial charge on any atom is 0.237 e. The summed E-state index contributed by atoms with van der Waals surface area (Å²) >= 11 is 0. The molecule has 2 unspecified atom stereocenters. The van der Waals surface area contributed by atoms with E-state index in [0.29, 0.717) is 17.3 Å². The molecule has 1 aliphatic heterocycles. The lowest BCUT2D eigenvalue weighted by molar-refractivity contribution is -0.123. The maximum absolute atomic E-state index is 12.5. The molecule has 1 aromatic rings. The lowest BCUT2D eigenvalue weighted by Gasteiger charge is -2.18. The molecule has 1 saturated heterocycles. The van der Waals surface area contributed by atoms with Crippen molar-refractivity contribution in [3.8, 4) is 0 Å². The van der Waals surface area contributed by atoms with E-state index in [1.807, 2.05) is 13.0 Å². The molecule has 1 aliphatic carbocycles. The Hall–Kier alpha value is -1.84. The highest BCUT2D eigenvalue weighted by molar-refractivity contribution is 6.22. The molecule has 0 radical (unpaired) electrons. The Labute approximate surface area is 118 Å². The first-order chi connectivity index (χ1) is 9.52. The molecule has 2 aliphatic rings. The number of hydrogen-bond donors (Lipinski definition) is 1. The van der Waals surface area contributed by atoms with Gasteiger partial charge in [0.15, 0.2) is 0 Å². The predicted octanol–water partition coefficient (Wildman–Crippen LogP) is 2.50. The third-order valence-electron chi connectivity index (χ3n) is 4.83. The standard InChI is InChI=1S/C16H20N2O2/c1-3-10-6-12-13(7-10)16(20)18(15(12)19)11-5-4-9(2)14(17)8-11/h4-5,8,10,12-13H,3,6-7,17H2,1-2H3. The van der Waals surface area contributed by atoms with Crippen molar-refractivity contribution in [2.24, 2.45) is 17.8 Å². The largest absolute Gasteiger partial charge is 0.398 e. The van der Waals surface area contributed by atoms with E-state index < -0.39 is 0 Å². The number of anilines is 2. The fraction of sp³-hybridized carbons (Fsp3) is 0.500. The number of amides is 2. The van der Waals surface area contributed by atoms with E-state index in [1.54, 1.807) is 12.1 Å². The summed E-state index contributed by atoms with van der Waals surface area (Å²) in [6.07, 6.45) is 2.75. The van der Waals surface area contributed by atoms with Gasteiger partial charge in [0.2, 0.25) is 11.8 Å². The minimum Gasteiger partial charge on any atom is -0.398 e. The normalized spacial score (nSPS) is 29.1. The van der Waals surface area contributed by atoms with Crippen molar-refractivity contribution < 1.29 is 9.59 Å². The Morgan fingerprint density at radius 3 is 2.30 bits per heavy atom. The summed E-state index contributed by atoms with van der Waals surface area (Å²) in [5.41, 5.74) is 8.08. The molecule has 4 nitrogen and oxygen atoms in total. The van der Waals surface area contributed by atoms with Gasteiger partial charge < -0.3 is 5.73 Å². The topological polar surface area (TPSA) is 63.4 Å². The van der Waals surface area contributed by atoms with E-state index in [0.717, 1.165) is 24.8 Å². The van der Waals surface area contributed by atoms with Gasteiger partial charge in [-0.3, -0.25) is 9.59 Å². The highest BCUT2D eigenvalue weighted by atomic mass is 16.2. The van der Waals surface area contributed by atoms with Crippen LogP contribution in [0.4, 0.5) is 11.4 Å². The molecule has 2 N–H and O–H groups in total. The van der Waals surface area contributed by atoms with Crippen molar-refractivity contribution in [3.05, 3.63) is 23.8 Å². The number of carbonyl (C=O) groups is 2. The molecule has 2 fully saturated rings. The molecule has 2 atom stereocenters. The van der Waals surface area contributed by atoms with Gasteiger partial charge in [0.05, 0.1) is 17.5 Å². The predicted molar refractivity (Wildman–Crippen MR) is 78.1 cm³/mol. The SMILES string of the molecule is CCC1CC2C(=O)N(c3ccc(C)c(N)c3)C(=O)C2C1. The number of imide groups is 1. The van der Waals surface area contributed by atoms with Gasteiger partial charge in [-0.15, -0.1) is 0 Å². The summed E-state index contributed by atoms with van der Waals surface area (Å²) in [7, 11) is 0. The summed E-state index contributed by atoms with van der Waals surface area (Å²) in [4.78, 5) is 26.4. The van der Waals surface area contributed by atoms with Gasteiger partial charge in [0.25, 0.3) is 0 Å². The van der Waals surface area contributed by atoms with Gasteiger partial charge in [-0.25, -0.2) is 4.90 Å². The van der Waals surface area contributed by atoms with Crippen LogP contribution in [0.2, 0.25) is 0 Å². The zero-order valence-electron chi connectivity index (χ0n) is 11.9. The van der Waals surface area contributed by atoms with Crippen LogP contribution in [0.1, 0.15) is 31.7 Å². The van der Waals surface area contributed by atoms with E-state index >= 15 is 0 Å². The van der Waals surface area contributed by atoms with Gasteiger partial charge in [0.1, 0.15) is 0 Å². The van der Waals surface area contributed by atoms with E-state index in [-0.39, 0.29) is 23.7 Å². The number of rotatable bonds is 2. The van der Waals surface area contributed by atoms with E-state index in [1.165, 1.54) is 4.90 Å². The lowest BCUT2D eigenvalue weighted by atomic mass is 10.00. The second-order valence-corrected chi connectivity index (χ2v) is 6.01. The Kier molecular flexibility index (Phi) is 3.04. The Morgan fingerprint density at radius 2 is 1.80 bits per heavy atom. The molecule has 1 aromatic carbocycles. The van der Waals surface area contributed by atoms with Crippen LogP contribution in [0.15, 0.2) is 18.2 Å². The zero-order chi connectivity index (χ0) is 14.4. The molecule has 3 rings (SSSR count).